The lowest BCUT2D eigenvalue weighted by molar-refractivity contribution is -0.0912. The summed E-state index contributed by atoms with van der Waals surface area (Å²) in [6.07, 6.45) is 14.8. The summed E-state index contributed by atoms with van der Waals surface area (Å²) in [7, 11) is 0. The van der Waals surface area contributed by atoms with Gasteiger partial charge in [-0.05, 0) is 156 Å². The number of carbonyl (C=O) groups excluding carboxylic acids is 2. The van der Waals surface area contributed by atoms with Gasteiger partial charge in [0.1, 0.15) is 16.8 Å². The van der Waals surface area contributed by atoms with Crippen LogP contribution in [-0.4, -0.2) is 93.7 Å². The number of amides is 2. The molecule has 18 nitrogen and oxygen atoms in total. The summed E-state index contributed by atoms with van der Waals surface area (Å²) in [6.45, 7) is 6.54. The molecule has 76 heavy (non-hydrogen) atoms. The normalized spacial score (nSPS) is 23.7. The number of nitrogens with one attached hydrogen (secondary N) is 6. The zero-order chi connectivity index (χ0) is 51.5. The third-order valence-corrected chi connectivity index (χ3v) is 16.4. The van der Waals surface area contributed by atoms with Crippen molar-refractivity contribution in [2.75, 3.05) is 50.0 Å². The van der Waals surface area contributed by atoms with Crippen LogP contribution in [0.3, 0.4) is 0 Å². The van der Waals surface area contributed by atoms with Gasteiger partial charge in [0.05, 0.1) is 18.8 Å². The number of rotatable bonds is 14. The maximum atomic E-state index is 14.1. The van der Waals surface area contributed by atoms with Crippen LogP contribution in [0.2, 0.25) is 0 Å². The Labute approximate surface area is 441 Å². The molecule has 12 rings (SSSR count). The van der Waals surface area contributed by atoms with Crippen molar-refractivity contribution >= 4 is 23.2 Å². The Morgan fingerprint density at radius 1 is 0.632 bits per heavy atom. The Kier molecular flexibility index (Phi) is 13.8. The highest BCUT2D eigenvalue weighted by molar-refractivity contribution is 5.96. The van der Waals surface area contributed by atoms with Crippen LogP contribution >= 0.6 is 0 Å². The standard InChI is InChI=1S/C58H64N12O6/c1-56(18-11-44-46(16-31-73-48(44)36-56)63-50(71)39-5-2-8-42(33-39)65-57(19-27-61-28-20-57)54-69-67-52(75-54)37-12-23-59-24-13-37)35-41-7-4-10-45-47(17-32-74-49(41)45)64-51(72)40-6-3-9-43(34-40)66-58(21-29-62-30-22-58)55-70-68-53(76-55)38-14-25-60-26-15-38/h2-10,12-15,23-26,33-34,44,46-48,61-62,65-66H,11,16-22,27-32,35-36H2,1H3,(H,63,71)(H,64,72)/t44?,46-,47+,48?,56?/m0/s1. The quantitative estimate of drug-likeness (QED) is 0.0604. The SMILES string of the molecule is CC1(Cc2cccc3c2OCC[C@H]3NC(=O)c2cccc(NC3(c4nnc(-c5ccncc5)o4)CCNCC3)c2)CCC2C(C1)OCC[C@@H]2NC(=O)c1cccc(NC2(c3nnc(-c4ccncc4)o3)CCNCC2)c1. The molecule has 0 bridgehead atoms. The second-order valence-electron chi connectivity index (χ2n) is 21.5. The Bertz CT molecular complexity index is 3160. The van der Waals surface area contributed by atoms with Gasteiger partial charge in [-0.1, -0.05) is 37.3 Å². The number of hydrogen-bond donors (Lipinski definition) is 6. The molecular weight excluding hydrogens is 961 g/mol. The number of fused-ring (bicyclic) bond motifs is 2. The van der Waals surface area contributed by atoms with Crippen molar-refractivity contribution in [3.8, 4) is 28.7 Å². The topological polar surface area (TPSA) is 228 Å². The van der Waals surface area contributed by atoms with E-state index in [1.165, 1.54) is 0 Å². The second-order valence-corrected chi connectivity index (χ2v) is 21.5. The van der Waals surface area contributed by atoms with Gasteiger partial charge in [-0.3, -0.25) is 19.6 Å². The first-order valence-corrected chi connectivity index (χ1v) is 26.9. The molecule has 392 valence electrons. The van der Waals surface area contributed by atoms with Crippen molar-refractivity contribution in [1.29, 1.82) is 0 Å². The lowest BCUT2D eigenvalue weighted by atomic mass is 9.64. The molecule has 1 saturated carbocycles. The fraction of sp³-hybridized carbons (Fsp3) is 0.414. The van der Waals surface area contributed by atoms with Gasteiger partial charge in [-0.2, -0.15) is 0 Å². The number of aromatic nitrogens is 6. The molecule has 8 heterocycles. The van der Waals surface area contributed by atoms with Gasteiger partial charge in [0.25, 0.3) is 11.8 Å². The first-order chi connectivity index (χ1) is 37.2. The third kappa shape index (κ3) is 10.3. The fourth-order valence-corrected chi connectivity index (χ4v) is 12.3. The highest BCUT2D eigenvalue weighted by Gasteiger charge is 2.45. The minimum atomic E-state index is -0.610. The van der Waals surface area contributed by atoms with Crippen molar-refractivity contribution in [3.05, 3.63) is 150 Å². The number of benzene rings is 3. The molecule has 4 fully saturated rings. The number of pyridine rings is 2. The van der Waals surface area contributed by atoms with E-state index in [1.807, 2.05) is 72.8 Å². The van der Waals surface area contributed by atoms with Gasteiger partial charge in [-0.15, -0.1) is 20.4 Å². The van der Waals surface area contributed by atoms with E-state index in [2.05, 4.69) is 87.4 Å². The lowest BCUT2D eigenvalue weighted by Crippen LogP contribution is -2.53. The molecule has 7 aromatic rings. The lowest BCUT2D eigenvalue weighted by Gasteiger charge is -2.48. The molecule has 0 radical (unpaired) electrons. The fourth-order valence-electron chi connectivity index (χ4n) is 12.3. The molecule has 4 aliphatic heterocycles. The van der Waals surface area contributed by atoms with Crippen molar-refractivity contribution in [1.82, 2.24) is 51.6 Å². The van der Waals surface area contributed by atoms with Crippen LogP contribution in [0.15, 0.2) is 125 Å². The Morgan fingerprint density at radius 3 is 1.79 bits per heavy atom. The second kappa shape index (κ2) is 21.2. The average Bonchev–Trinajstić information content (AvgIpc) is 4.20. The molecule has 18 heteroatoms. The van der Waals surface area contributed by atoms with Crippen LogP contribution in [0.4, 0.5) is 11.4 Å². The van der Waals surface area contributed by atoms with Crippen LogP contribution in [0.1, 0.15) is 114 Å². The van der Waals surface area contributed by atoms with Crippen molar-refractivity contribution < 1.29 is 27.9 Å². The van der Waals surface area contributed by atoms with E-state index < -0.39 is 11.1 Å². The molecule has 0 spiro atoms. The average molecular weight is 1030 g/mol. The van der Waals surface area contributed by atoms with Crippen molar-refractivity contribution in [3.63, 3.8) is 0 Å². The number of nitrogens with zero attached hydrogens (tertiary/aromatic N) is 6. The Morgan fingerprint density at radius 2 is 1.20 bits per heavy atom. The summed E-state index contributed by atoms with van der Waals surface area (Å²) in [6, 6.07) is 28.8. The van der Waals surface area contributed by atoms with E-state index >= 15 is 0 Å². The van der Waals surface area contributed by atoms with Gasteiger partial charge in [-0.25, -0.2) is 0 Å². The van der Waals surface area contributed by atoms with E-state index in [1.54, 1.807) is 24.8 Å². The number of ether oxygens (including phenoxy) is 2. The minimum Gasteiger partial charge on any atom is -0.493 e. The molecule has 5 aliphatic rings. The van der Waals surface area contributed by atoms with Crippen molar-refractivity contribution in [2.45, 2.75) is 100 Å². The van der Waals surface area contributed by atoms with Crippen LogP contribution in [0, 0.1) is 11.3 Å². The maximum absolute atomic E-state index is 14.1. The molecule has 4 aromatic heterocycles. The highest BCUT2D eigenvalue weighted by Crippen LogP contribution is 2.48. The van der Waals surface area contributed by atoms with Gasteiger partial charge in [0.15, 0.2) is 0 Å². The van der Waals surface area contributed by atoms with Crippen molar-refractivity contribution in [2.24, 2.45) is 11.3 Å². The summed E-state index contributed by atoms with van der Waals surface area (Å²) in [5.41, 5.74) is 5.23. The molecule has 3 saturated heterocycles. The first-order valence-electron chi connectivity index (χ1n) is 26.9. The number of para-hydroxylation sites is 1. The molecule has 1 aliphatic carbocycles. The molecule has 5 atom stereocenters. The Hall–Kier alpha value is -7.54. The summed E-state index contributed by atoms with van der Waals surface area (Å²) in [5.74, 6) is 2.73. The monoisotopic (exact) mass is 1020 g/mol. The van der Waals surface area contributed by atoms with Crippen LogP contribution in [-0.2, 0) is 22.2 Å². The van der Waals surface area contributed by atoms with Gasteiger partial charge in [0, 0.05) is 89.0 Å². The number of anilines is 2. The van der Waals surface area contributed by atoms with Gasteiger partial charge >= 0.3 is 0 Å². The molecule has 6 N–H and O–H groups in total. The van der Waals surface area contributed by atoms with E-state index in [0.29, 0.717) is 54.3 Å². The van der Waals surface area contributed by atoms with Crippen LogP contribution in [0.5, 0.6) is 5.75 Å². The number of carbonyl (C=O) groups is 2. The molecule has 3 unspecified atom stereocenters. The first kappa shape index (κ1) is 49.3. The summed E-state index contributed by atoms with van der Waals surface area (Å²) < 4.78 is 25.6. The van der Waals surface area contributed by atoms with E-state index in [-0.39, 0.29) is 41.3 Å². The summed E-state index contributed by atoms with van der Waals surface area (Å²) >= 11 is 0. The predicted molar refractivity (Wildman–Crippen MR) is 284 cm³/mol. The minimum absolute atomic E-state index is 0.0101. The zero-order valence-electron chi connectivity index (χ0n) is 42.7. The third-order valence-electron chi connectivity index (χ3n) is 16.4. The highest BCUT2D eigenvalue weighted by atomic mass is 16.5. The molecule has 3 aromatic carbocycles. The number of hydrogen-bond acceptors (Lipinski definition) is 16. The smallest absolute Gasteiger partial charge is 0.251 e. The number of piperidine rings is 2. The summed E-state index contributed by atoms with van der Waals surface area (Å²) in [5, 5.41) is 38.9. The zero-order valence-corrected chi connectivity index (χ0v) is 42.7. The van der Waals surface area contributed by atoms with Crippen LogP contribution in [0.25, 0.3) is 22.9 Å². The predicted octanol–water partition coefficient (Wildman–Crippen LogP) is 8.15. The van der Waals surface area contributed by atoms with Gasteiger partial charge < -0.3 is 50.2 Å². The molecule has 2 amide bonds. The van der Waals surface area contributed by atoms with E-state index in [0.717, 1.165) is 123 Å². The van der Waals surface area contributed by atoms with E-state index in [9.17, 15) is 9.59 Å². The summed E-state index contributed by atoms with van der Waals surface area (Å²) in [4.78, 5) is 36.5. The Balaban J connectivity index is 0.684. The molecular formula is C58H64N12O6. The van der Waals surface area contributed by atoms with Gasteiger partial charge in [0.2, 0.25) is 23.6 Å². The van der Waals surface area contributed by atoms with E-state index in [4.69, 9.17) is 18.3 Å². The largest absolute Gasteiger partial charge is 0.493 e. The maximum Gasteiger partial charge on any atom is 0.251 e. The van der Waals surface area contributed by atoms with Crippen LogP contribution < -0.4 is 36.6 Å².